The first-order valence-corrected chi connectivity index (χ1v) is 8.33. The predicted molar refractivity (Wildman–Crippen MR) is 106 cm³/mol. The number of rotatable bonds is 0. The van der Waals surface area contributed by atoms with Gasteiger partial charge in [0.1, 0.15) is 0 Å². The summed E-state index contributed by atoms with van der Waals surface area (Å²) in [5.74, 6) is 0. The number of halogens is 1. The summed E-state index contributed by atoms with van der Waals surface area (Å²) in [7, 11) is 0. The topological polar surface area (TPSA) is 131 Å². The number of nitrogens with zero attached hydrogens (tertiary/aromatic N) is 3. The molecule has 1 aliphatic heterocycles. The Balaban J connectivity index is 0.00000300. The Labute approximate surface area is 172 Å². The molecule has 0 bridgehead atoms. The Hall–Kier alpha value is -3.76. The van der Waals surface area contributed by atoms with Crippen LogP contribution in [0.2, 0.25) is 0 Å². The highest BCUT2D eigenvalue weighted by Crippen LogP contribution is 2.05. The Kier molecular flexibility index (Phi) is 8.29. The molecule has 0 unspecified atom stereocenters. The van der Waals surface area contributed by atoms with Gasteiger partial charge in [-0.25, -0.2) is 31.3 Å². The van der Waals surface area contributed by atoms with Crippen molar-refractivity contribution in [2.45, 2.75) is 6.54 Å². The molecule has 29 heavy (non-hydrogen) atoms. The number of carbonyl (C=O) groups excluding carboxylic acids is 2. The molecule has 1 heterocycles. The zero-order chi connectivity index (χ0) is 19.6. The van der Waals surface area contributed by atoms with E-state index in [0.29, 0.717) is 17.7 Å². The number of benzene rings is 2. The Morgan fingerprint density at radius 2 is 1.14 bits per heavy atom. The van der Waals surface area contributed by atoms with Crippen LogP contribution in [0.25, 0.3) is 0 Å². The quantitative estimate of drug-likeness (QED) is 0.342. The van der Waals surface area contributed by atoms with Crippen molar-refractivity contribution in [3.63, 3.8) is 0 Å². The lowest BCUT2D eigenvalue weighted by Gasteiger charge is -2.09. The molecule has 0 atom stereocenters. The molecular weight excluding hydrogens is 396 g/mol. The minimum atomic E-state index is -0.579. The van der Waals surface area contributed by atoms with Crippen LogP contribution in [-0.2, 0) is 6.54 Å². The first-order valence-electron chi connectivity index (χ1n) is 8.33. The van der Waals surface area contributed by atoms with E-state index in [9.17, 15) is 9.59 Å². The maximum Gasteiger partial charge on any atom is 0.355 e. The molecule has 10 nitrogen and oxygen atoms in total. The van der Waals surface area contributed by atoms with Crippen LogP contribution < -0.4 is 39.5 Å². The van der Waals surface area contributed by atoms with E-state index in [-0.39, 0.29) is 12.4 Å². The standard InChI is InChI=1S/C18H18N8O2.ClH/c27-17-23-19-9-13-5-1-2-6-14(13)10-20-24-18(28)26-22-12-16-8-4-3-7-15(16)11-21-25-17;/h1-11,22H,12H2,(H2,23,25,27)(H2,24,26,28);1H/p-1/b19-9+,20-10+,21-11+;. The molecule has 11 heteroatoms. The second-order valence-corrected chi connectivity index (χ2v) is 5.57. The zero-order valence-electron chi connectivity index (χ0n) is 15.1. The highest BCUT2D eigenvalue weighted by atomic mass is 35.5. The van der Waals surface area contributed by atoms with E-state index in [1.807, 2.05) is 36.4 Å². The smallest absolute Gasteiger partial charge is 0.355 e. The van der Waals surface area contributed by atoms with Gasteiger partial charge in [-0.2, -0.15) is 15.3 Å². The summed E-state index contributed by atoms with van der Waals surface area (Å²) in [5, 5.41) is 11.7. The molecular formula is C18H18ClN8O2-. The van der Waals surface area contributed by atoms with Crippen LogP contribution in [0.4, 0.5) is 9.59 Å². The third kappa shape index (κ3) is 6.72. The second-order valence-electron chi connectivity index (χ2n) is 5.57. The van der Waals surface area contributed by atoms with Gasteiger partial charge in [0.15, 0.2) is 0 Å². The maximum atomic E-state index is 11.8. The van der Waals surface area contributed by atoms with Crippen molar-refractivity contribution in [2.24, 2.45) is 15.3 Å². The van der Waals surface area contributed by atoms with Crippen LogP contribution in [0.5, 0.6) is 0 Å². The number of urea groups is 2. The van der Waals surface area contributed by atoms with Crippen LogP contribution in [0.3, 0.4) is 0 Å². The lowest BCUT2D eigenvalue weighted by atomic mass is 10.1. The van der Waals surface area contributed by atoms with E-state index in [4.69, 9.17) is 0 Å². The van der Waals surface area contributed by atoms with E-state index in [1.165, 1.54) is 18.6 Å². The van der Waals surface area contributed by atoms with Crippen molar-refractivity contribution in [1.29, 1.82) is 0 Å². The maximum absolute atomic E-state index is 11.8. The fourth-order valence-electron chi connectivity index (χ4n) is 2.32. The number of hydrazine groups is 1. The molecule has 0 radical (unpaired) electrons. The first-order chi connectivity index (χ1) is 13.7. The molecule has 2 aromatic rings. The Bertz CT molecular complexity index is 945. The summed E-state index contributed by atoms with van der Waals surface area (Å²) in [5.41, 5.74) is 15.4. The fourth-order valence-corrected chi connectivity index (χ4v) is 2.32. The van der Waals surface area contributed by atoms with Crippen LogP contribution in [-0.4, -0.2) is 30.7 Å². The van der Waals surface area contributed by atoms with E-state index < -0.39 is 12.1 Å². The summed E-state index contributed by atoms with van der Waals surface area (Å²) >= 11 is 0. The minimum Gasteiger partial charge on any atom is -1.00 e. The number of hydrogen-bond donors (Lipinski definition) is 5. The second kappa shape index (κ2) is 11.2. The van der Waals surface area contributed by atoms with Gasteiger partial charge in [0.25, 0.3) is 0 Å². The van der Waals surface area contributed by atoms with Gasteiger partial charge in [0, 0.05) is 17.7 Å². The largest absolute Gasteiger partial charge is 1.00 e. The SMILES string of the molecule is O=C1N/N=C/c2ccccc2/C=N/NC(=O)NNCc2ccccc2/C=N/N1.[Cl-]. The Morgan fingerprint density at radius 3 is 1.76 bits per heavy atom. The highest BCUT2D eigenvalue weighted by Gasteiger charge is 2.03. The molecule has 0 fully saturated rings. The Morgan fingerprint density at radius 1 is 0.655 bits per heavy atom. The minimum absolute atomic E-state index is 0. The number of hydrazone groups is 3. The van der Waals surface area contributed by atoms with Gasteiger partial charge in [-0.1, -0.05) is 48.5 Å². The van der Waals surface area contributed by atoms with Gasteiger partial charge in [-0.3, -0.25) is 5.43 Å². The lowest BCUT2D eigenvalue weighted by Crippen LogP contribution is -3.00. The molecule has 2 aromatic carbocycles. The molecule has 0 saturated heterocycles. The number of fused-ring (bicyclic) bond motifs is 2. The third-order valence-corrected chi connectivity index (χ3v) is 3.64. The molecule has 5 N–H and O–H groups in total. The van der Waals surface area contributed by atoms with Crippen molar-refractivity contribution in [3.05, 3.63) is 70.8 Å². The molecule has 0 spiro atoms. The zero-order valence-corrected chi connectivity index (χ0v) is 15.8. The van der Waals surface area contributed by atoms with Crippen LogP contribution in [0.1, 0.15) is 22.3 Å². The number of amides is 4. The summed E-state index contributed by atoms with van der Waals surface area (Å²) in [6.07, 6.45) is 4.44. The average molecular weight is 414 g/mol. The normalized spacial score (nSPS) is 17.8. The summed E-state index contributed by atoms with van der Waals surface area (Å²) < 4.78 is 0. The summed E-state index contributed by atoms with van der Waals surface area (Å²) in [4.78, 5) is 23.6. The molecule has 0 aliphatic carbocycles. The molecule has 0 saturated carbocycles. The van der Waals surface area contributed by atoms with E-state index in [0.717, 1.165) is 11.1 Å². The third-order valence-electron chi connectivity index (χ3n) is 3.64. The van der Waals surface area contributed by atoms with E-state index in [2.05, 4.69) is 42.4 Å². The summed E-state index contributed by atoms with van der Waals surface area (Å²) in [6, 6.07) is 13.5. The molecule has 1 aliphatic rings. The van der Waals surface area contributed by atoms with Crippen molar-refractivity contribution < 1.29 is 22.0 Å². The predicted octanol–water partition coefficient (Wildman–Crippen LogP) is -1.99. The van der Waals surface area contributed by atoms with E-state index >= 15 is 0 Å². The number of carbonyl (C=O) groups is 2. The number of nitrogens with one attached hydrogen (secondary N) is 5. The van der Waals surface area contributed by atoms with Crippen molar-refractivity contribution in [3.8, 4) is 0 Å². The fraction of sp³-hybridized carbons (Fsp3) is 0.0556. The summed E-state index contributed by atoms with van der Waals surface area (Å²) in [6.45, 7) is 0.346. The lowest BCUT2D eigenvalue weighted by molar-refractivity contribution is -0.0000121. The van der Waals surface area contributed by atoms with Gasteiger partial charge >= 0.3 is 12.1 Å². The van der Waals surface area contributed by atoms with Crippen LogP contribution >= 0.6 is 0 Å². The molecule has 3 rings (SSSR count). The van der Waals surface area contributed by atoms with Gasteiger partial charge in [0.2, 0.25) is 0 Å². The van der Waals surface area contributed by atoms with Crippen molar-refractivity contribution >= 4 is 30.7 Å². The first kappa shape index (κ1) is 21.5. The molecule has 4 amide bonds. The van der Waals surface area contributed by atoms with Crippen molar-refractivity contribution in [1.82, 2.24) is 27.1 Å². The monoisotopic (exact) mass is 413 g/mol. The van der Waals surface area contributed by atoms with Gasteiger partial charge in [-0.15, -0.1) is 0 Å². The molecule has 0 aromatic heterocycles. The average Bonchev–Trinajstić information content (AvgIpc) is 2.70. The van der Waals surface area contributed by atoms with Gasteiger partial charge in [0.05, 0.1) is 18.6 Å². The van der Waals surface area contributed by atoms with Crippen LogP contribution in [0.15, 0.2) is 63.8 Å². The molecule has 150 valence electrons. The highest BCUT2D eigenvalue weighted by molar-refractivity contribution is 5.95. The van der Waals surface area contributed by atoms with Gasteiger partial charge in [-0.05, 0) is 11.1 Å². The van der Waals surface area contributed by atoms with Gasteiger partial charge < -0.3 is 12.4 Å². The van der Waals surface area contributed by atoms with Crippen LogP contribution in [0, 0.1) is 0 Å². The van der Waals surface area contributed by atoms with E-state index in [1.54, 1.807) is 12.1 Å². The van der Waals surface area contributed by atoms with Crippen molar-refractivity contribution in [2.75, 3.05) is 0 Å². The number of hydrogen-bond acceptors (Lipinski definition) is 6.